The van der Waals surface area contributed by atoms with Crippen LogP contribution in [0.15, 0.2) is 22.9 Å². The molecule has 0 unspecified atom stereocenters. The number of rotatable bonds is 3. The van der Waals surface area contributed by atoms with E-state index in [1.165, 1.54) is 31.4 Å². The average Bonchev–Trinajstić information content (AvgIpc) is 3.10. The second-order valence-corrected chi connectivity index (χ2v) is 5.53. The van der Waals surface area contributed by atoms with Crippen LogP contribution in [0.2, 0.25) is 0 Å². The summed E-state index contributed by atoms with van der Waals surface area (Å²) in [6, 6.07) is 4.18. The second-order valence-electron chi connectivity index (χ2n) is 4.75. The van der Waals surface area contributed by atoms with Crippen molar-refractivity contribution in [1.82, 2.24) is 9.97 Å². The predicted octanol–water partition coefficient (Wildman–Crippen LogP) is 3.90. The number of nitrogens with zero attached hydrogens (tertiary/aromatic N) is 2. The Morgan fingerprint density at radius 2 is 2.11 bits per heavy atom. The minimum atomic E-state index is 0.623. The molecule has 0 aliphatic heterocycles. The lowest BCUT2D eigenvalue weighted by Gasteiger charge is -2.11. The molecule has 18 heavy (non-hydrogen) atoms. The number of anilines is 1. The van der Waals surface area contributed by atoms with Gasteiger partial charge in [-0.1, -0.05) is 12.8 Å². The van der Waals surface area contributed by atoms with Gasteiger partial charge in [0.1, 0.15) is 5.82 Å². The van der Waals surface area contributed by atoms with Gasteiger partial charge in [0.15, 0.2) is 5.82 Å². The Morgan fingerprint density at radius 1 is 1.28 bits per heavy atom. The highest BCUT2D eigenvalue weighted by molar-refractivity contribution is 7.08. The van der Waals surface area contributed by atoms with Crippen LogP contribution in [0.5, 0.6) is 0 Å². The van der Waals surface area contributed by atoms with Crippen molar-refractivity contribution in [2.24, 2.45) is 0 Å². The summed E-state index contributed by atoms with van der Waals surface area (Å²) in [5.41, 5.74) is 2.32. The monoisotopic (exact) mass is 259 g/mol. The summed E-state index contributed by atoms with van der Waals surface area (Å²) in [4.78, 5) is 9.31. The molecule has 0 bridgehead atoms. The standard InChI is InChI=1S/C14H17N3S/c1-15-13-8-12(10-4-2-3-5-10)16-14(17-13)11-6-7-18-9-11/h6-10H,2-5H2,1H3,(H,15,16,17). The van der Waals surface area contributed by atoms with Crippen LogP contribution in [0.4, 0.5) is 5.82 Å². The van der Waals surface area contributed by atoms with E-state index in [2.05, 4.69) is 33.2 Å². The molecular formula is C14H17N3S. The zero-order chi connectivity index (χ0) is 12.4. The fraction of sp³-hybridized carbons (Fsp3) is 0.429. The molecule has 0 saturated heterocycles. The van der Waals surface area contributed by atoms with Gasteiger partial charge < -0.3 is 5.32 Å². The molecule has 2 heterocycles. The van der Waals surface area contributed by atoms with Crippen molar-refractivity contribution in [3.8, 4) is 11.4 Å². The van der Waals surface area contributed by atoms with Gasteiger partial charge in [0.05, 0.1) is 0 Å². The van der Waals surface area contributed by atoms with Crippen LogP contribution in [0, 0.1) is 0 Å². The molecule has 3 rings (SSSR count). The van der Waals surface area contributed by atoms with Crippen molar-refractivity contribution in [2.45, 2.75) is 31.6 Å². The van der Waals surface area contributed by atoms with Crippen LogP contribution in [0.3, 0.4) is 0 Å². The molecule has 4 heteroatoms. The molecule has 1 aliphatic carbocycles. The van der Waals surface area contributed by atoms with Crippen molar-refractivity contribution in [3.05, 3.63) is 28.6 Å². The van der Waals surface area contributed by atoms with Gasteiger partial charge in [-0.3, -0.25) is 0 Å². The van der Waals surface area contributed by atoms with Crippen molar-refractivity contribution in [1.29, 1.82) is 0 Å². The van der Waals surface area contributed by atoms with Crippen molar-refractivity contribution >= 4 is 17.2 Å². The molecule has 2 aromatic rings. The third-order valence-corrected chi connectivity index (χ3v) is 4.24. The molecule has 1 N–H and O–H groups in total. The van der Waals surface area contributed by atoms with Gasteiger partial charge in [0.25, 0.3) is 0 Å². The minimum Gasteiger partial charge on any atom is -0.373 e. The zero-order valence-corrected chi connectivity index (χ0v) is 11.3. The highest BCUT2D eigenvalue weighted by Crippen LogP contribution is 2.34. The third-order valence-electron chi connectivity index (χ3n) is 3.55. The van der Waals surface area contributed by atoms with Gasteiger partial charge in [-0.05, 0) is 24.3 Å². The molecule has 3 nitrogen and oxygen atoms in total. The first-order valence-corrected chi connectivity index (χ1v) is 7.40. The Hall–Kier alpha value is -1.42. The number of hydrogen-bond acceptors (Lipinski definition) is 4. The van der Waals surface area contributed by atoms with E-state index in [9.17, 15) is 0 Å². The number of nitrogens with one attached hydrogen (secondary N) is 1. The summed E-state index contributed by atoms with van der Waals surface area (Å²) in [5, 5.41) is 7.32. The van der Waals surface area contributed by atoms with Crippen molar-refractivity contribution in [3.63, 3.8) is 0 Å². The van der Waals surface area contributed by atoms with Crippen LogP contribution >= 0.6 is 11.3 Å². The van der Waals surface area contributed by atoms with E-state index >= 15 is 0 Å². The minimum absolute atomic E-state index is 0.623. The first-order chi connectivity index (χ1) is 8.86. The highest BCUT2D eigenvalue weighted by Gasteiger charge is 2.20. The van der Waals surface area contributed by atoms with E-state index < -0.39 is 0 Å². The Balaban J connectivity index is 2.01. The lowest BCUT2D eigenvalue weighted by atomic mass is 10.0. The predicted molar refractivity (Wildman–Crippen MR) is 76.1 cm³/mol. The largest absolute Gasteiger partial charge is 0.373 e. The van der Waals surface area contributed by atoms with Gasteiger partial charge in [-0.2, -0.15) is 11.3 Å². The Labute approximate surface area is 111 Å². The summed E-state index contributed by atoms with van der Waals surface area (Å²) in [7, 11) is 1.91. The molecule has 94 valence electrons. The lowest BCUT2D eigenvalue weighted by Crippen LogP contribution is -2.03. The molecule has 1 aliphatic rings. The van der Waals surface area contributed by atoms with Crippen LogP contribution < -0.4 is 5.32 Å². The van der Waals surface area contributed by atoms with Crippen LogP contribution in [-0.4, -0.2) is 17.0 Å². The normalized spacial score (nSPS) is 16.1. The van der Waals surface area contributed by atoms with E-state index in [1.807, 2.05) is 7.05 Å². The van der Waals surface area contributed by atoms with Crippen molar-refractivity contribution < 1.29 is 0 Å². The maximum absolute atomic E-state index is 4.76. The molecule has 1 saturated carbocycles. The molecule has 0 atom stereocenters. The van der Waals surface area contributed by atoms with Crippen LogP contribution in [0.1, 0.15) is 37.3 Å². The number of hydrogen-bond donors (Lipinski definition) is 1. The van der Waals surface area contributed by atoms with E-state index in [-0.39, 0.29) is 0 Å². The van der Waals surface area contributed by atoms with Crippen LogP contribution in [0.25, 0.3) is 11.4 Å². The van der Waals surface area contributed by atoms with Gasteiger partial charge in [-0.15, -0.1) is 0 Å². The quantitative estimate of drug-likeness (QED) is 0.908. The van der Waals surface area contributed by atoms with E-state index in [0.717, 1.165) is 17.2 Å². The first kappa shape index (κ1) is 11.7. The lowest BCUT2D eigenvalue weighted by molar-refractivity contribution is 0.696. The molecule has 0 spiro atoms. The third kappa shape index (κ3) is 2.25. The van der Waals surface area contributed by atoms with Crippen LogP contribution in [-0.2, 0) is 0 Å². The summed E-state index contributed by atoms with van der Waals surface area (Å²) in [6.07, 6.45) is 5.20. The smallest absolute Gasteiger partial charge is 0.162 e. The summed E-state index contributed by atoms with van der Waals surface area (Å²) < 4.78 is 0. The molecule has 0 amide bonds. The number of thiophene rings is 1. The summed E-state index contributed by atoms with van der Waals surface area (Å²) >= 11 is 1.69. The highest BCUT2D eigenvalue weighted by atomic mass is 32.1. The SMILES string of the molecule is CNc1cc(C2CCCC2)nc(-c2ccsc2)n1. The molecule has 0 aromatic carbocycles. The molecule has 0 radical (unpaired) electrons. The molecular weight excluding hydrogens is 242 g/mol. The van der Waals surface area contributed by atoms with E-state index in [1.54, 1.807) is 11.3 Å². The Kier molecular flexibility index (Phi) is 3.28. The first-order valence-electron chi connectivity index (χ1n) is 6.46. The Morgan fingerprint density at radius 3 is 2.78 bits per heavy atom. The molecule has 1 fully saturated rings. The fourth-order valence-corrected chi connectivity index (χ4v) is 3.18. The van der Waals surface area contributed by atoms with E-state index in [0.29, 0.717) is 5.92 Å². The topological polar surface area (TPSA) is 37.8 Å². The zero-order valence-electron chi connectivity index (χ0n) is 10.5. The Bertz CT molecular complexity index is 516. The maximum Gasteiger partial charge on any atom is 0.162 e. The second kappa shape index (κ2) is 5.06. The van der Waals surface area contributed by atoms with Gasteiger partial charge in [-0.25, -0.2) is 9.97 Å². The van der Waals surface area contributed by atoms with Crippen molar-refractivity contribution in [2.75, 3.05) is 12.4 Å². The van der Waals surface area contributed by atoms with Gasteiger partial charge in [0.2, 0.25) is 0 Å². The maximum atomic E-state index is 4.76. The van der Waals surface area contributed by atoms with Gasteiger partial charge >= 0.3 is 0 Å². The van der Waals surface area contributed by atoms with Gasteiger partial charge in [0, 0.05) is 35.7 Å². The number of aromatic nitrogens is 2. The fourth-order valence-electron chi connectivity index (χ4n) is 2.55. The summed E-state index contributed by atoms with van der Waals surface area (Å²) in [6.45, 7) is 0. The average molecular weight is 259 g/mol. The summed E-state index contributed by atoms with van der Waals surface area (Å²) in [5.74, 6) is 2.40. The van der Waals surface area contributed by atoms with E-state index in [4.69, 9.17) is 4.98 Å². The molecule has 2 aromatic heterocycles.